The first-order valence-corrected chi connectivity index (χ1v) is 6.73. The number of nitrogens with zero attached hydrogens (tertiary/aromatic N) is 1. The third kappa shape index (κ3) is 2.81. The van der Waals surface area contributed by atoms with Crippen molar-refractivity contribution in [2.24, 2.45) is 0 Å². The van der Waals surface area contributed by atoms with Gasteiger partial charge in [0.2, 0.25) is 0 Å². The van der Waals surface area contributed by atoms with Gasteiger partial charge < -0.3 is 10.2 Å². The maximum absolute atomic E-state index is 12.3. The molecule has 0 aliphatic carbocycles. The molecule has 1 aromatic rings. The molecule has 0 bridgehead atoms. The number of benzene rings is 1. The fraction of sp³-hybridized carbons (Fsp3) is 0.417. The molecule has 0 aromatic heterocycles. The number of halogens is 2. The molecular formula is C12H14BrClN2O. The zero-order valence-corrected chi connectivity index (χ0v) is 11.9. The van der Waals surface area contributed by atoms with Gasteiger partial charge in [-0.1, -0.05) is 17.7 Å². The molecule has 0 radical (unpaired) electrons. The van der Waals surface area contributed by atoms with Crippen LogP contribution in [0.5, 0.6) is 0 Å². The SMILES string of the molecule is C[C@@H]1CN(C(=O)c2cccc(Cl)c2Br)CCN1. The first kappa shape index (κ1) is 12.9. The first-order valence-electron chi connectivity index (χ1n) is 5.56. The number of piperazine rings is 1. The normalized spacial score (nSPS) is 20.4. The van der Waals surface area contributed by atoms with Gasteiger partial charge in [0.1, 0.15) is 0 Å². The van der Waals surface area contributed by atoms with Crippen molar-refractivity contribution in [2.45, 2.75) is 13.0 Å². The minimum absolute atomic E-state index is 0.0349. The largest absolute Gasteiger partial charge is 0.336 e. The Bertz CT molecular complexity index is 439. The van der Waals surface area contributed by atoms with Crippen LogP contribution in [-0.2, 0) is 0 Å². The van der Waals surface area contributed by atoms with Crippen molar-refractivity contribution < 1.29 is 4.79 Å². The van der Waals surface area contributed by atoms with Crippen LogP contribution in [0.25, 0.3) is 0 Å². The summed E-state index contributed by atoms with van der Waals surface area (Å²) in [5.74, 6) is 0.0349. The van der Waals surface area contributed by atoms with E-state index >= 15 is 0 Å². The number of hydrogen-bond acceptors (Lipinski definition) is 2. The van der Waals surface area contributed by atoms with E-state index < -0.39 is 0 Å². The van der Waals surface area contributed by atoms with Gasteiger partial charge in [0.15, 0.2) is 0 Å². The molecule has 2 rings (SSSR count). The highest BCUT2D eigenvalue weighted by molar-refractivity contribution is 9.10. The molecule has 1 aliphatic rings. The molecule has 0 unspecified atom stereocenters. The predicted molar refractivity (Wildman–Crippen MR) is 72.5 cm³/mol. The minimum Gasteiger partial charge on any atom is -0.336 e. The van der Waals surface area contributed by atoms with Gasteiger partial charge in [0.25, 0.3) is 5.91 Å². The second kappa shape index (κ2) is 5.38. The van der Waals surface area contributed by atoms with Gasteiger partial charge in [0.05, 0.1) is 10.6 Å². The monoisotopic (exact) mass is 316 g/mol. The molecule has 0 saturated carbocycles. The van der Waals surface area contributed by atoms with Gasteiger partial charge in [-0.3, -0.25) is 4.79 Å². The summed E-state index contributed by atoms with van der Waals surface area (Å²) >= 11 is 9.36. The van der Waals surface area contributed by atoms with Gasteiger partial charge in [-0.05, 0) is 35.0 Å². The van der Waals surface area contributed by atoms with Crippen LogP contribution < -0.4 is 5.32 Å². The molecule has 1 saturated heterocycles. The Labute approximate surface area is 114 Å². The van der Waals surface area contributed by atoms with Crippen LogP contribution in [0.1, 0.15) is 17.3 Å². The third-order valence-corrected chi connectivity index (χ3v) is 4.24. The van der Waals surface area contributed by atoms with E-state index in [2.05, 4.69) is 28.2 Å². The summed E-state index contributed by atoms with van der Waals surface area (Å²) in [5, 5.41) is 3.88. The van der Waals surface area contributed by atoms with Crippen molar-refractivity contribution in [3.8, 4) is 0 Å². The van der Waals surface area contributed by atoms with Crippen molar-refractivity contribution in [2.75, 3.05) is 19.6 Å². The van der Waals surface area contributed by atoms with Crippen LogP contribution in [0.3, 0.4) is 0 Å². The molecule has 1 aromatic carbocycles. The van der Waals surface area contributed by atoms with E-state index in [1.54, 1.807) is 18.2 Å². The summed E-state index contributed by atoms with van der Waals surface area (Å²) in [7, 11) is 0. The standard InChI is InChI=1S/C12H14BrClN2O/c1-8-7-16(6-5-15-8)12(17)9-3-2-4-10(14)11(9)13/h2-4,8,15H,5-7H2,1H3/t8-/m1/s1. The lowest BCUT2D eigenvalue weighted by Crippen LogP contribution is -2.51. The third-order valence-electron chi connectivity index (χ3n) is 2.84. The van der Waals surface area contributed by atoms with Crippen molar-refractivity contribution >= 4 is 33.4 Å². The Morgan fingerprint density at radius 2 is 2.35 bits per heavy atom. The number of amides is 1. The Balaban J connectivity index is 2.22. The van der Waals surface area contributed by atoms with Gasteiger partial charge in [0, 0.05) is 30.1 Å². The number of rotatable bonds is 1. The van der Waals surface area contributed by atoms with E-state index in [1.807, 2.05) is 4.90 Å². The van der Waals surface area contributed by atoms with Gasteiger partial charge in [-0.25, -0.2) is 0 Å². The fourth-order valence-corrected chi connectivity index (χ4v) is 2.56. The molecule has 1 amide bonds. The molecule has 0 spiro atoms. The molecule has 1 atom stereocenters. The molecule has 1 aliphatic heterocycles. The lowest BCUT2D eigenvalue weighted by Gasteiger charge is -2.32. The molecular weight excluding hydrogens is 304 g/mol. The van der Waals surface area contributed by atoms with Gasteiger partial charge >= 0.3 is 0 Å². The summed E-state index contributed by atoms with van der Waals surface area (Å²) in [6.45, 7) is 4.39. The first-order chi connectivity index (χ1) is 8.09. The average Bonchev–Trinajstić information content (AvgIpc) is 2.32. The summed E-state index contributed by atoms with van der Waals surface area (Å²) in [5.41, 5.74) is 0.631. The van der Waals surface area contributed by atoms with Crippen LogP contribution in [0.15, 0.2) is 22.7 Å². The lowest BCUT2D eigenvalue weighted by molar-refractivity contribution is 0.0708. The minimum atomic E-state index is 0.0349. The fourth-order valence-electron chi connectivity index (χ4n) is 1.96. The quantitative estimate of drug-likeness (QED) is 0.863. The Morgan fingerprint density at radius 3 is 3.06 bits per heavy atom. The summed E-state index contributed by atoms with van der Waals surface area (Å²) in [6.07, 6.45) is 0. The van der Waals surface area contributed by atoms with Crippen LogP contribution in [0.4, 0.5) is 0 Å². The van der Waals surface area contributed by atoms with E-state index in [-0.39, 0.29) is 5.91 Å². The summed E-state index contributed by atoms with van der Waals surface area (Å²) in [6, 6.07) is 5.70. The number of carbonyl (C=O) groups excluding carboxylic acids is 1. The van der Waals surface area contributed by atoms with Crippen LogP contribution >= 0.6 is 27.5 Å². The van der Waals surface area contributed by atoms with E-state index in [4.69, 9.17) is 11.6 Å². The van der Waals surface area contributed by atoms with Crippen LogP contribution in [0.2, 0.25) is 5.02 Å². The van der Waals surface area contributed by atoms with E-state index in [1.165, 1.54) is 0 Å². The molecule has 1 heterocycles. The smallest absolute Gasteiger partial charge is 0.255 e. The Morgan fingerprint density at radius 1 is 1.59 bits per heavy atom. The summed E-state index contributed by atoms with van der Waals surface area (Å²) in [4.78, 5) is 14.2. The van der Waals surface area contributed by atoms with Crippen molar-refractivity contribution in [1.82, 2.24) is 10.2 Å². The van der Waals surface area contributed by atoms with Crippen molar-refractivity contribution in [1.29, 1.82) is 0 Å². The number of carbonyl (C=O) groups is 1. The highest BCUT2D eigenvalue weighted by Crippen LogP contribution is 2.27. The maximum atomic E-state index is 12.3. The second-order valence-corrected chi connectivity index (χ2v) is 5.41. The van der Waals surface area contributed by atoms with E-state index in [9.17, 15) is 4.79 Å². The highest BCUT2D eigenvalue weighted by Gasteiger charge is 2.23. The van der Waals surface area contributed by atoms with Gasteiger partial charge in [-0.2, -0.15) is 0 Å². The summed E-state index contributed by atoms with van der Waals surface area (Å²) < 4.78 is 0.679. The number of nitrogens with one attached hydrogen (secondary N) is 1. The molecule has 1 N–H and O–H groups in total. The Kier molecular flexibility index (Phi) is 4.07. The lowest BCUT2D eigenvalue weighted by atomic mass is 10.1. The number of hydrogen-bond donors (Lipinski definition) is 1. The molecule has 1 fully saturated rings. The highest BCUT2D eigenvalue weighted by atomic mass is 79.9. The van der Waals surface area contributed by atoms with Crippen LogP contribution in [0, 0.1) is 0 Å². The zero-order chi connectivity index (χ0) is 12.4. The van der Waals surface area contributed by atoms with Gasteiger partial charge in [-0.15, -0.1) is 0 Å². The average molecular weight is 318 g/mol. The second-order valence-electron chi connectivity index (χ2n) is 4.21. The van der Waals surface area contributed by atoms with Crippen molar-refractivity contribution in [3.05, 3.63) is 33.3 Å². The molecule has 92 valence electrons. The predicted octanol–water partition coefficient (Wildman–Crippen LogP) is 2.54. The zero-order valence-electron chi connectivity index (χ0n) is 9.54. The molecule has 5 heteroatoms. The molecule has 17 heavy (non-hydrogen) atoms. The van der Waals surface area contributed by atoms with E-state index in [0.29, 0.717) is 21.1 Å². The van der Waals surface area contributed by atoms with Crippen LogP contribution in [-0.4, -0.2) is 36.5 Å². The van der Waals surface area contributed by atoms with Crippen molar-refractivity contribution in [3.63, 3.8) is 0 Å². The topological polar surface area (TPSA) is 32.3 Å². The molecule has 3 nitrogen and oxygen atoms in total. The van der Waals surface area contributed by atoms with E-state index in [0.717, 1.165) is 19.6 Å². The maximum Gasteiger partial charge on any atom is 0.255 e. The Hall–Kier alpha value is -0.580.